The van der Waals surface area contributed by atoms with Gasteiger partial charge in [-0.3, -0.25) is 14.3 Å². The van der Waals surface area contributed by atoms with Crippen LogP contribution in [0.25, 0.3) is 0 Å². The van der Waals surface area contributed by atoms with Crippen LogP contribution in [0.5, 0.6) is 0 Å². The fourth-order valence-electron chi connectivity index (χ4n) is 2.68. The smallest absolute Gasteiger partial charge is 0.306 e. The third-order valence-corrected chi connectivity index (χ3v) is 3.83. The van der Waals surface area contributed by atoms with Crippen molar-refractivity contribution in [1.82, 2.24) is 20.3 Å². The summed E-state index contributed by atoms with van der Waals surface area (Å²) in [7, 11) is 0. The second kappa shape index (κ2) is 7.02. The molecule has 2 rings (SSSR count). The van der Waals surface area contributed by atoms with Crippen molar-refractivity contribution in [3.63, 3.8) is 0 Å². The van der Waals surface area contributed by atoms with Gasteiger partial charge in [0.05, 0.1) is 18.7 Å². The first-order valence-electron chi connectivity index (χ1n) is 7.00. The molecule has 110 valence electrons. The van der Waals surface area contributed by atoms with E-state index >= 15 is 0 Å². The molecule has 0 spiro atoms. The van der Waals surface area contributed by atoms with Gasteiger partial charge in [-0.25, -0.2) is 0 Å². The Balaban J connectivity index is 1.72. The highest BCUT2D eigenvalue weighted by Gasteiger charge is 2.30. The molecule has 0 bridgehead atoms. The summed E-state index contributed by atoms with van der Waals surface area (Å²) in [6.07, 6.45) is 7.20. The zero-order valence-corrected chi connectivity index (χ0v) is 11.4. The van der Waals surface area contributed by atoms with E-state index in [-0.39, 0.29) is 17.7 Å². The molecule has 7 heteroatoms. The molecule has 1 saturated carbocycles. The molecule has 2 unspecified atom stereocenters. The van der Waals surface area contributed by atoms with Crippen molar-refractivity contribution in [2.45, 2.75) is 38.6 Å². The number of carboxylic acids is 1. The summed E-state index contributed by atoms with van der Waals surface area (Å²) in [5.41, 5.74) is 0. The molecule has 1 aromatic rings. The number of amides is 1. The second-order valence-corrected chi connectivity index (χ2v) is 5.21. The molecule has 2 N–H and O–H groups in total. The van der Waals surface area contributed by atoms with Gasteiger partial charge in [0.25, 0.3) is 0 Å². The topological polar surface area (TPSA) is 97.1 Å². The molecule has 7 nitrogen and oxygen atoms in total. The summed E-state index contributed by atoms with van der Waals surface area (Å²) >= 11 is 0. The molecule has 1 fully saturated rings. The van der Waals surface area contributed by atoms with Crippen LogP contribution in [-0.2, 0) is 16.1 Å². The highest BCUT2D eigenvalue weighted by Crippen LogP contribution is 2.29. The molecular formula is C13H20N4O3. The lowest BCUT2D eigenvalue weighted by Crippen LogP contribution is -2.37. The molecule has 1 heterocycles. The van der Waals surface area contributed by atoms with E-state index in [1.807, 2.05) is 0 Å². The van der Waals surface area contributed by atoms with Gasteiger partial charge in [0.15, 0.2) is 0 Å². The maximum absolute atomic E-state index is 11.7. The molecular weight excluding hydrogens is 260 g/mol. The molecule has 0 aliphatic heterocycles. The summed E-state index contributed by atoms with van der Waals surface area (Å²) in [4.78, 5) is 22.9. The lowest BCUT2D eigenvalue weighted by atomic mass is 9.79. The Hall–Kier alpha value is -1.92. The zero-order chi connectivity index (χ0) is 14.4. The largest absolute Gasteiger partial charge is 0.481 e. The van der Waals surface area contributed by atoms with E-state index in [1.54, 1.807) is 17.1 Å². The molecule has 0 radical (unpaired) electrons. The summed E-state index contributed by atoms with van der Waals surface area (Å²) in [5.74, 6) is -1.09. The number of aryl methyl sites for hydroxylation is 1. The van der Waals surface area contributed by atoms with Crippen molar-refractivity contribution in [2.75, 3.05) is 6.54 Å². The molecule has 0 aromatic carbocycles. The average molecular weight is 280 g/mol. The number of carbonyl (C=O) groups excluding carboxylic acids is 1. The molecule has 1 amide bonds. The number of carbonyl (C=O) groups is 2. The van der Waals surface area contributed by atoms with Crippen LogP contribution in [0.15, 0.2) is 12.4 Å². The van der Waals surface area contributed by atoms with Crippen molar-refractivity contribution in [2.24, 2.45) is 11.8 Å². The van der Waals surface area contributed by atoms with Crippen LogP contribution in [0.3, 0.4) is 0 Å². The fourth-order valence-corrected chi connectivity index (χ4v) is 2.68. The molecule has 1 aliphatic carbocycles. The van der Waals surface area contributed by atoms with E-state index in [2.05, 4.69) is 15.6 Å². The molecule has 20 heavy (non-hydrogen) atoms. The first-order valence-corrected chi connectivity index (χ1v) is 7.00. The van der Waals surface area contributed by atoms with Crippen molar-refractivity contribution < 1.29 is 14.7 Å². The highest BCUT2D eigenvalue weighted by atomic mass is 16.4. The standard InChI is InChI=1S/C13H20N4O3/c18-12(5-7-17-8-6-15-16-17)14-9-10-3-1-2-4-11(10)13(19)20/h6,8,10-11H,1-5,7,9H2,(H,14,18)(H,19,20). The maximum Gasteiger partial charge on any atom is 0.306 e. The Morgan fingerprint density at radius 1 is 1.35 bits per heavy atom. The number of rotatable bonds is 6. The fraction of sp³-hybridized carbons (Fsp3) is 0.692. The van der Waals surface area contributed by atoms with Crippen LogP contribution < -0.4 is 5.32 Å². The number of carboxylic acid groups (broad SMARTS) is 1. The van der Waals surface area contributed by atoms with Crippen LogP contribution in [0.1, 0.15) is 32.1 Å². The van der Waals surface area contributed by atoms with E-state index in [1.165, 1.54) is 0 Å². The van der Waals surface area contributed by atoms with Gasteiger partial charge < -0.3 is 10.4 Å². The second-order valence-electron chi connectivity index (χ2n) is 5.21. The number of nitrogens with zero attached hydrogens (tertiary/aromatic N) is 3. The number of hydrogen-bond donors (Lipinski definition) is 2. The Bertz CT molecular complexity index is 446. The maximum atomic E-state index is 11.7. The van der Waals surface area contributed by atoms with E-state index in [9.17, 15) is 14.7 Å². The number of aliphatic carboxylic acids is 1. The number of aromatic nitrogens is 3. The Morgan fingerprint density at radius 3 is 2.85 bits per heavy atom. The highest BCUT2D eigenvalue weighted by molar-refractivity contribution is 5.76. The predicted molar refractivity (Wildman–Crippen MR) is 70.7 cm³/mol. The van der Waals surface area contributed by atoms with Gasteiger partial charge in [0.1, 0.15) is 0 Å². The lowest BCUT2D eigenvalue weighted by Gasteiger charge is -2.28. The van der Waals surface area contributed by atoms with Crippen molar-refractivity contribution in [3.05, 3.63) is 12.4 Å². The van der Waals surface area contributed by atoms with Gasteiger partial charge >= 0.3 is 5.97 Å². The minimum absolute atomic E-state index is 0.0524. The van der Waals surface area contributed by atoms with E-state index in [0.29, 0.717) is 19.5 Å². The quantitative estimate of drug-likeness (QED) is 0.798. The van der Waals surface area contributed by atoms with Crippen molar-refractivity contribution >= 4 is 11.9 Å². The summed E-state index contributed by atoms with van der Waals surface area (Å²) in [5, 5.41) is 19.5. The summed E-state index contributed by atoms with van der Waals surface area (Å²) < 4.78 is 1.60. The Morgan fingerprint density at radius 2 is 2.15 bits per heavy atom. The van der Waals surface area contributed by atoms with Crippen LogP contribution in [0.4, 0.5) is 0 Å². The molecule has 0 saturated heterocycles. The van der Waals surface area contributed by atoms with E-state index in [4.69, 9.17) is 0 Å². The monoisotopic (exact) mass is 280 g/mol. The molecule has 1 aliphatic rings. The minimum atomic E-state index is -0.744. The third kappa shape index (κ3) is 4.04. The van der Waals surface area contributed by atoms with Crippen LogP contribution in [0, 0.1) is 11.8 Å². The third-order valence-electron chi connectivity index (χ3n) is 3.83. The van der Waals surface area contributed by atoms with Gasteiger partial charge in [-0.2, -0.15) is 0 Å². The van der Waals surface area contributed by atoms with E-state index < -0.39 is 5.97 Å². The molecule has 2 atom stereocenters. The van der Waals surface area contributed by atoms with Crippen LogP contribution in [-0.4, -0.2) is 38.5 Å². The van der Waals surface area contributed by atoms with Gasteiger partial charge in [0, 0.05) is 19.2 Å². The minimum Gasteiger partial charge on any atom is -0.481 e. The van der Waals surface area contributed by atoms with Crippen molar-refractivity contribution in [3.8, 4) is 0 Å². The first kappa shape index (κ1) is 14.5. The lowest BCUT2D eigenvalue weighted by molar-refractivity contribution is -0.145. The Kier molecular flexibility index (Phi) is 5.09. The number of nitrogens with one attached hydrogen (secondary N) is 1. The normalized spacial score (nSPS) is 22.4. The zero-order valence-electron chi connectivity index (χ0n) is 11.4. The predicted octanol–water partition coefficient (Wildman–Crippen LogP) is 0.675. The SMILES string of the molecule is O=C(CCn1ccnn1)NCC1CCCCC1C(=O)O. The van der Waals surface area contributed by atoms with E-state index in [0.717, 1.165) is 25.7 Å². The van der Waals surface area contributed by atoms with Gasteiger partial charge in [0.2, 0.25) is 5.91 Å². The van der Waals surface area contributed by atoms with Crippen LogP contribution >= 0.6 is 0 Å². The summed E-state index contributed by atoms with van der Waals surface area (Å²) in [6.45, 7) is 0.937. The van der Waals surface area contributed by atoms with Crippen molar-refractivity contribution in [1.29, 1.82) is 0 Å². The van der Waals surface area contributed by atoms with Gasteiger partial charge in [-0.1, -0.05) is 18.1 Å². The average Bonchev–Trinajstić information content (AvgIpc) is 2.96. The first-order chi connectivity index (χ1) is 9.66. The number of hydrogen-bond acceptors (Lipinski definition) is 4. The molecule has 1 aromatic heterocycles. The summed E-state index contributed by atoms with van der Waals surface area (Å²) in [6, 6.07) is 0. The Labute approximate surface area is 117 Å². The van der Waals surface area contributed by atoms with Gasteiger partial charge in [-0.15, -0.1) is 5.10 Å². The van der Waals surface area contributed by atoms with Crippen LogP contribution in [0.2, 0.25) is 0 Å². The van der Waals surface area contributed by atoms with Gasteiger partial charge in [-0.05, 0) is 18.8 Å².